The summed E-state index contributed by atoms with van der Waals surface area (Å²) in [5.41, 5.74) is 0.796. The van der Waals surface area contributed by atoms with Gasteiger partial charge < -0.3 is 10.1 Å². The number of benzene rings is 1. The second-order valence-electron chi connectivity index (χ2n) is 3.01. The fourth-order valence-corrected chi connectivity index (χ4v) is 1.21. The van der Waals surface area contributed by atoms with Gasteiger partial charge in [-0.15, -0.1) is 0 Å². The SMILES string of the molecule is CC1=COc2ccc(F)cc2C(=O)N1. The van der Waals surface area contributed by atoms with E-state index < -0.39 is 5.82 Å². The van der Waals surface area contributed by atoms with E-state index >= 15 is 0 Å². The number of amides is 1. The van der Waals surface area contributed by atoms with Crippen molar-refractivity contribution in [2.24, 2.45) is 0 Å². The van der Waals surface area contributed by atoms with Gasteiger partial charge in [0.05, 0.1) is 11.3 Å². The summed E-state index contributed by atoms with van der Waals surface area (Å²) in [7, 11) is 0. The molecule has 1 N–H and O–H groups in total. The molecular formula is C10H8FNO2. The molecule has 1 heterocycles. The van der Waals surface area contributed by atoms with Crippen molar-refractivity contribution in [1.29, 1.82) is 0 Å². The van der Waals surface area contributed by atoms with E-state index in [1.165, 1.54) is 18.4 Å². The van der Waals surface area contributed by atoms with Gasteiger partial charge in [-0.2, -0.15) is 0 Å². The zero-order valence-electron chi connectivity index (χ0n) is 7.50. The molecule has 0 radical (unpaired) electrons. The Bertz CT molecular complexity index is 426. The van der Waals surface area contributed by atoms with Gasteiger partial charge in [0.15, 0.2) is 0 Å². The van der Waals surface area contributed by atoms with Crippen molar-refractivity contribution in [1.82, 2.24) is 5.32 Å². The number of carbonyl (C=O) groups is 1. The third-order valence-electron chi connectivity index (χ3n) is 1.86. The molecule has 1 amide bonds. The highest BCUT2D eigenvalue weighted by atomic mass is 19.1. The van der Waals surface area contributed by atoms with Crippen LogP contribution in [0, 0.1) is 5.82 Å². The number of hydrogen-bond acceptors (Lipinski definition) is 2. The minimum atomic E-state index is -0.456. The topological polar surface area (TPSA) is 38.3 Å². The summed E-state index contributed by atoms with van der Waals surface area (Å²) in [6, 6.07) is 3.83. The van der Waals surface area contributed by atoms with E-state index in [0.29, 0.717) is 11.4 Å². The van der Waals surface area contributed by atoms with Crippen molar-refractivity contribution < 1.29 is 13.9 Å². The molecule has 1 aromatic rings. The highest BCUT2D eigenvalue weighted by molar-refractivity contribution is 5.98. The van der Waals surface area contributed by atoms with Gasteiger partial charge in [0.2, 0.25) is 0 Å². The second-order valence-corrected chi connectivity index (χ2v) is 3.01. The first kappa shape index (κ1) is 8.74. The van der Waals surface area contributed by atoms with Gasteiger partial charge in [0.1, 0.15) is 17.8 Å². The maximum atomic E-state index is 12.8. The molecule has 0 fully saturated rings. The second kappa shape index (κ2) is 3.14. The quantitative estimate of drug-likeness (QED) is 0.682. The lowest BCUT2D eigenvalue weighted by Gasteiger charge is -2.03. The lowest BCUT2D eigenvalue weighted by Crippen LogP contribution is -2.20. The first-order valence-corrected chi connectivity index (χ1v) is 4.11. The van der Waals surface area contributed by atoms with Crippen LogP contribution in [-0.2, 0) is 0 Å². The highest BCUT2D eigenvalue weighted by Crippen LogP contribution is 2.22. The Morgan fingerprint density at radius 2 is 2.21 bits per heavy atom. The van der Waals surface area contributed by atoms with Crippen molar-refractivity contribution in [3.63, 3.8) is 0 Å². The Morgan fingerprint density at radius 3 is 3.00 bits per heavy atom. The van der Waals surface area contributed by atoms with E-state index in [9.17, 15) is 9.18 Å². The summed E-state index contributed by atoms with van der Waals surface area (Å²) >= 11 is 0. The van der Waals surface area contributed by atoms with Gasteiger partial charge in [-0.05, 0) is 25.1 Å². The molecule has 0 unspecified atom stereocenters. The third kappa shape index (κ3) is 1.46. The number of hydrogen-bond donors (Lipinski definition) is 1. The molecule has 0 spiro atoms. The normalized spacial score (nSPS) is 14.7. The number of carbonyl (C=O) groups excluding carboxylic acids is 1. The average Bonchev–Trinajstić information content (AvgIpc) is 2.27. The Kier molecular flexibility index (Phi) is 1.96. The third-order valence-corrected chi connectivity index (χ3v) is 1.86. The zero-order valence-corrected chi connectivity index (χ0v) is 7.50. The molecule has 0 bridgehead atoms. The molecule has 1 aliphatic heterocycles. The summed E-state index contributed by atoms with van der Waals surface area (Å²) in [4.78, 5) is 11.5. The first-order chi connectivity index (χ1) is 6.66. The van der Waals surface area contributed by atoms with E-state index in [1.807, 2.05) is 0 Å². The van der Waals surface area contributed by atoms with Gasteiger partial charge in [0.25, 0.3) is 5.91 Å². The molecule has 3 nitrogen and oxygen atoms in total. The molecular weight excluding hydrogens is 185 g/mol. The maximum absolute atomic E-state index is 12.8. The van der Waals surface area contributed by atoms with E-state index in [4.69, 9.17) is 4.74 Å². The van der Waals surface area contributed by atoms with E-state index in [-0.39, 0.29) is 11.5 Å². The Morgan fingerprint density at radius 1 is 1.43 bits per heavy atom. The van der Waals surface area contributed by atoms with Gasteiger partial charge in [-0.3, -0.25) is 4.79 Å². The van der Waals surface area contributed by atoms with Crippen LogP contribution in [0.2, 0.25) is 0 Å². The Balaban J connectivity index is 2.51. The lowest BCUT2D eigenvalue weighted by molar-refractivity contribution is 0.0966. The molecule has 0 saturated heterocycles. The van der Waals surface area contributed by atoms with E-state index in [2.05, 4.69) is 5.32 Å². The van der Waals surface area contributed by atoms with Crippen LogP contribution in [0.3, 0.4) is 0 Å². The average molecular weight is 193 g/mol. The molecule has 14 heavy (non-hydrogen) atoms. The number of fused-ring (bicyclic) bond motifs is 1. The molecule has 0 saturated carbocycles. The fourth-order valence-electron chi connectivity index (χ4n) is 1.21. The number of allylic oxidation sites excluding steroid dienone is 1. The predicted octanol–water partition coefficient (Wildman–Crippen LogP) is 1.81. The number of halogens is 1. The Hall–Kier alpha value is -1.84. The minimum Gasteiger partial charge on any atom is -0.462 e. The van der Waals surface area contributed by atoms with Crippen molar-refractivity contribution in [3.8, 4) is 5.75 Å². The molecule has 2 rings (SSSR count). The van der Waals surface area contributed by atoms with Gasteiger partial charge >= 0.3 is 0 Å². The molecule has 0 aromatic heterocycles. The van der Waals surface area contributed by atoms with Crippen molar-refractivity contribution in [3.05, 3.63) is 41.5 Å². The predicted molar refractivity (Wildman–Crippen MR) is 48.3 cm³/mol. The fraction of sp³-hybridized carbons (Fsp3) is 0.100. The maximum Gasteiger partial charge on any atom is 0.259 e. The van der Waals surface area contributed by atoms with E-state index in [0.717, 1.165) is 6.07 Å². The van der Waals surface area contributed by atoms with Crippen LogP contribution in [0.25, 0.3) is 0 Å². The van der Waals surface area contributed by atoms with Crippen LogP contribution in [0.1, 0.15) is 17.3 Å². The Labute approximate surface area is 80.2 Å². The van der Waals surface area contributed by atoms with Crippen molar-refractivity contribution in [2.75, 3.05) is 0 Å². The van der Waals surface area contributed by atoms with Crippen LogP contribution in [-0.4, -0.2) is 5.91 Å². The monoisotopic (exact) mass is 193 g/mol. The highest BCUT2D eigenvalue weighted by Gasteiger charge is 2.16. The molecule has 72 valence electrons. The summed E-state index contributed by atoms with van der Waals surface area (Å²) in [5, 5.41) is 2.56. The molecule has 0 aliphatic carbocycles. The standard InChI is InChI=1S/C10H8FNO2/c1-6-5-14-9-3-2-7(11)4-8(9)10(13)12-6/h2-5H,1H3,(H,12,13). The van der Waals surface area contributed by atoms with Crippen molar-refractivity contribution >= 4 is 5.91 Å². The smallest absolute Gasteiger partial charge is 0.259 e. The summed E-state index contributed by atoms with van der Waals surface area (Å²) < 4.78 is 18.0. The lowest BCUT2D eigenvalue weighted by atomic mass is 10.2. The molecule has 0 atom stereocenters. The van der Waals surface area contributed by atoms with Crippen LogP contribution >= 0.6 is 0 Å². The van der Waals surface area contributed by atoms with Crippen LogP contribution in [0.15, 0.2) is 30.2 Å². The van der Waals surface area contributed by atoms with Crippen LogP contribution < -0.4 is 10.1 Å². The summed E-state index contributed by atoms with van der Waals surface area (Å²) in [6.07, 6.45) is 1.42. The zero-order chi connectivity index (χ0) is 10.1. The van der Waals surface area contributed by atoms with Crippen LogP contribution in [0.4, 0.5) is 4.39 Å². The summed E-state index contributed by atoms with van der Waals surface area (Å²) in [5.74, 6) is -0.450. The number of ether oxygens (including phenoxy) is 1. The van der Waals surface area contributed by atoms with E-state index in [1.54, 1.807) is 6.92 Å². The molecule has 4 heteroatoms. The first-order valence-electron chi connectivity index (χ1n) is 4.11. The molecule has 1 aromatic carbocycles. The van der Waals surface area contributed by atoms with Gasteiger partial charge in [-0.25, -0.2) is 4.39 Å². The largest absolute Gasteiger partial charge is 0.462 e. The van der Waals surface area contributed by atoms with Crippen LogP contribution in [0.5, 0.6) is 5.75 Å². The molecule has 1 aliphatic rings. The number of nitrogens with one attached hydrogen (secondary N) is 1. The van der Waals surface area contributed by atoms with Gasteiger partial charge in [0, 0.05) is 0 Å². The summed E-state index contributed by atoms with van der Waals surface area (Å²) in [6.45, 7) is 1.69. The number of rotatable bonds is 0. The minimum absolute atomic E-state index is 0.207. The van der Waals surface area contributed by atoms with Crippen molar-refractivity contribution in [2.45, 2.75) is 6.92 Å². The van der Waals surface area contributed by atoms with Gasteiger partial charge in [-0.1, -0.05) is 0 Å².